The summed E-state index contributed by atoms with van der Waals surface area (Å²) in [5, 5.41) is 4.27. The molecule has 2 aromatic carbocycles. The van der Waals surface area contributed by atoms with E-state index >= 15 is 0 Å². The van der Waals surface area contributed by atoms with Crippen molar-refractivity contribution in [2.24, 2.45) is 5.73 Å². The first-order valence-corrected chi connectivity index (χ1v) is 9.64. The quantitative estimate of drug-likeness (QED) is 0.438. The van der Waals surface area contributed by atoms with Crippen molar-refractivity contribution in [2.45, 2.75) is 6.42 Å². The van der Waals surface area contributed by atoms with Crippen LogP contribution in [0.2, 0.25) is 0 Å². The number of fused-ring (bicyclic) bond motifs is 1. The maximum atomic E-state index is 11.2. The van der Waals surface area contributed by atoms with Gasteiger partial charge in [-0.2, -0.15) is 0 Å². The average Bonchev–Trinajstić information content (AvgIpc) is 2.79. The Balaban J connectivity index is 1.28. The van der Waals surface area contributed by atoms with Crippen LogP contribution in [0.1, 0.15) is 16.8 Å². The molecule has 0 fully saturated rings. The molecule has 4 aromatic rings. The van der Waals surface area contributed by atoms with Crippen molar-refractivity contribution in [3.63, 3.8) is 0 Å². The highest BCUT2D eigenvalue weighted by atomic mass is 16.5. The summed E-state index contributed by atoms with van der Waals surface area (Å²) in [5.41, 5.74) is 8.35. The first-order valence-electron chi connectivity index (χ1n) is 9.64. The smallest absolute Gasteiger partial charge is 0.248 e. The standard InChI is InChI=1S/C23H21N5O2/c24-22(29)17-6-4-16(5-7-17)21-10-13-27-23(28-21)26-12-2-14-30-19-8-9-20-18(15-19)3-1-11-25-20/h1,3-11,13,15H,2,12,14H2,(H2,24,29)(H,26,27,28). The first-order chi connectivity index (χ1) is 14.7. The number of nitrogens with two attached hydrogens (primary N) is 1. The van der Waals surface area contributed by atoms with Crippen LogP contribution in [0.5, 0.6) is 5.75 Å². The molecule has 0 aliphatic heterocycles. The second kappa shape index (κ2) is 9.00. The summed E-state index contributed by atoms with van der Waals surface area (Å²) in [7, 11) is 0. The summed E-state index contributed by atoms with van der Waals surface area (Å²) < 4.78 is 5.83. The number of hydrogen-bond donors (Lipinski definition) is 2. The molecule has 0 bridgehead atoms. The van der Waals surface area contributed by atoms with Gasteiger partial charge in [0.15, 0.2) is 0 Å². The maximum absolute atomic E-state index is 11.2. The van der Waals surface area contributed by atoms with Crippen molar-refractivity contribution < 1.29 is 9.53 Å². The van der Waals surface area contributed by atoms with Gasteiger partial charge in [-0.05, 0) is 48.9 Å². The van der Waals surface area contributed by atoms with Gasteiger partial charge in [0.25, 0.3) is 0 Å². The molecule has 3 N–H and O–H groups in total. The van der Waals surface area contributed by atoms with Crippen LogP contribution >= 0.6 is 0 Å². The number of carbonyl (C=O) groups is 1. The van der Waals surface area contributed by atoms with Crippen LogP contribution in [0.25, 0.3) is 22.2 Å². The van der Waals surface area contributed by atoms with E-state index in [2.05, 4.69) is 20.3 Å². The Bertz CT molecular complexity index is 1160. The van der Waals surface area contributed by atoms with E-state index in [4.69, 9.17) is 10.5 Å². The lowest BCUT2D eigenvalue weighted by atomic mass is 10.1. The van der Waals surface area contributed by atoms with E-state index in [1.54, 1.807) is 24.5 Å². The van der Waals surface area contributed by atoms with E-state index in [0.717, 1.165) is 34.3 Å². The predicted octanol–water partition coefficient (Wildman–Crippen LogP) is 3.67. The van der Waals surface area contributed by atoms with Crippen molar-refractivity contribution in [2.75, 3.05) is 18.5 Å². The number of rotatable bonds is 8. The Hall–Kier alpha value is -4.00. The van der Waals surface area contributed by atoms with E-state index in [0.29, 0.717) is 24.7 Å². The summed E-state index contributed by atoms with van der Waals surface area (Å²) in [6.07, 6.45) is 4.28. The summed E-state index contributed by atoms with van der Waals surface area (Å²) in [6.45, 7) is 1.26. The van der Waals surface area contributed by atoms with E-state index in [9.17, 15) is 4.79 Å². The van der Waals surface area contributed by atoms with E-state index < -0.39 is 5.91 Å². The van der Waals surface area contributed by atoms with Crippen LogP contribution in [0.15, 0.2) is 73.1 Å². The van der Waals surface area contributed by atoms with E-state index in [-0.39, 0.29) is 0 Å². The zero-order valence-corrected chi connectivity index (χ0v) is 16.3. The molecule has 0 atom stereocenters. The second-order valence-electron chi connectivity index (χ2n) is 6.69. The van der Waals surface area contributed by atoms with Gasteiger partial charge >= 0.3 is 0 Å². The number of carbonyl (C=O) groups excluding carboxylic acids is 1. The Labute approximate surface area is 174 Å². The number of ether oxygens (including phenoxy) is 1. The van der Waals surface area contributed by atoms with Crippen molar-refractivity contribution in [1.82, 2.24) is 15.0 Å². The third kappa shape index (κ3) is 4.70. The molecule has 30 heavy (non-hydrogen) atoms. The van der Waals surface area contributed by atoms with E-state index in [1.165, 1.54) is 0 Å². The fraction of sp³-hybridized carbons (Fsp3) is 0.130. The lowest BCUT2D eigenvalue weighted by Gasteiger charge is -2.09. The zero-order chi connectivity index (χ0) is 20.8. The highest BCUT2D eigenvalue weighted by molar-refractivity contribution is 5.93. The third-order valence-corrected chi connectivity index (χ3v) is 4.57. The number of pyridine rings is 1. The number of anilines is 1. The predicted molar refractivity (Wildman–Crippen MR) is 116 cm³/mol. The molecular formula is C23H21N5O2. The van der Waals surface area contributed by atoms with Crippen LogP contribution in [-0.4, -0.2) is 34.0 Å². The Kier molecular flexibility index (Phi) is 5.80. The summed E-state index contributed by atoms with van der Waals surface area (Å²) in [4.78, 5) is 24.3. The number of benzene rings is 2. The zero-order valence-electron chi connectivity index (χ0n) is 16.3. The molecule has 0 aliphatic rings. The summed E-state index contributed by atoms with van der Waals surface area (Å²) in [6, 6.07) is 18.6. The minimum absolute atomic E-state index is 0.450. The van der Waals surface area contributed by atoms with Gasteiger partial charge in [-0.3, -0.25) is 9.78 Å². The van der Waals surface area contributed by atoms with Crippen LogP contribution in [-0.2, 0) is 0 Å². The fourth-order valence-corrected chi connectivity index (χ4v) is 3.02. The highest BCUT2D eigenvalue weighted by Gasteiger charge is 2.05. The monoisotopic (exact) mass is 399 g/mol. The number of nitrogens with one attached hydrogen (secondary N) is 1. The van der Waals surface area contributed by atoms with Gasteiger partial charge in [0.1, 0.15) is 5.75 Å². The van der Waals surface area contributed by atoms with Gasteiger partial charge in [0.2, 0.25) is 11.9 Å². The molecule has 2 aromatic heterocycles. The van der Waals surface area contributed by atoms with Crippen molar-refractivity contribution in [1.29, 1.82) is 0 Å². The van der Waals surface area contributed by atoms with Gasteiger partial charge < -0.3 is 15.8 Å². The van der Waals surface area contributed by atoms with Gasteiger partial charge in [-0.1, -0.05) is 18.2 Å². The Morgan fingerprint density at radius 2 is 1.87 bits per heavy atom. The van der Waals surface area contributed by atoms with Crippen molar-refractivity contribution in [3.8, 4) is 17.0 Å². The molecule has 7 heteroatoms. The molecule has 2 heterocycles. The molecule has 0 unspecified atom stereocenters. The second-order valence-corrected chi connectivity index (χ2v) is 6.69. The molecule has 0 saturated carbocycles. The molecule has 0 saturated heterocycles. The normalized spacial score (nSPS) is 10.7. The van der Waals surface area contributed by atoms with E-state index in [1.807, 2.05) is 48.5 Å². The van der Waals surface area contributed by atoms with Gasteiger partial charge in [0, 0.05) is 35.5 Å². The summed E-state index contributed by atoms with van der Waals surface area (Å²) >= 11 is 0. The largest absolute Gasteiger partial charge is 0.494 e. The lowest BCUT2D eigenvalue weighted by molar-refractivity contribution is 0.100. The molecule has 150 valence electrons. The van der Waals surface area contributed by atoms with Gasteiger partial charge in [-0.25, -0.2) is 9.97 Å². The lowest BCUT2D eigenvalue weighted by Crippen LogP contribution is -2.10. The number of primary amides is 1. The molecular weight excluding hydrogens is 378 g/mol. The number of amides is 1. The number of hydrogen-bond acceptors (Lipinski definition) is 6. The van der Waals surface area contributed by atoms with Crippen LogP contribution in [0.4, 0.5) is 5.95 Å². The first kappa shape index (κ1) is 19.3. The maximum Gasteiger partial charge on any atom is 0.248 e. The topological polar surface area (TPSA) is 103 Å². The average molecular weight is 399 g/mol. The fourth-order valence-electron chi connectivity index (χ4n) is 3.02. The Morgan fingerprint density at radius 3 is 2.70 bits per heavy atom. The molecule has 7 nitrogen and oxygen atoms in total. The molecule has 0 spiro atoms. The van der Waals surface area contributed by atoms with Gasteiger partial charge in [0.05, 0.1) is 17.8 Å². The van der Waals surface area contributed by atoms with Crippen molar-refractivity contribution >= 4 is 22.8 Å². The molecule has 1 amide bonds. The van der Waals surface area contributed by atoms with Crippen LogP contribution in [0, 0.1) is 0 Å². The highest BCUT2D eigenvalue weighted by Crippen LogP contribution is 2.20. The van der Waals surface area contributed by atoms with Crippen molar-refractivity contribution in [3.05, 3.63) is 78.6 Å². The minimum Gasteiger partial charge on any atom is -0.494 e. The SMILES string of the molecule is NC(=O)c1ccc(-c2ccnc(NCCCOc3ccc4ncccc4c3)n2)cc1. The van der Waals surface area contributed by atoms with Crippen LogP contribution in [0.3, 0.4) is 0 Å². The molecule has 0 aliphatic carbocycles. The third-order valence-electron chi connectivity index (χ3n) is 4.57. The summed E-state index contributed by atoms with van der Waals surface area (Å²) in [5.74, 6) is 0.922. The minimum atomic E-state index is -0.450. The molecule has 0 radical (unpaired) electrons. The Morgan fingerprint density at radius 1 is 1.00 bits per heavy atom. The number of aromatic nitrogens is 3. The molecule has 4 rings (SSSR count). The van der Waals surface area contributed by atoms with Crippen LogP contribution < -0.4 is 15.8 Å². The van der Waals surface area contributed by atoms with Gasteiger partial charge in [-0.15, -0.1) is 0 Å². The number of nitrogens with zero attached hydrogens (tertiary/aromatic N) is 3.